The maximum absolute atomic E-state index is 6.89. The number of benzene rings is 6. The highest BCUT2D eigenvalue weighted by atomic mass is 16.5. The summed E-state index contributed by atoms with van der Waals surface area (Å²) in [5.74, 6) is 5.81. The Kier molecular flexibility index (Phi) is 6.31. The van der Waals surface area contributed by atoms with Gasteiger partial charge in [0.25, 0.3) is 13.4 Å². The van der Waals surface area contributed by atoms with Gasteiger partial charge in [0, 0.05) is 34.4 Å². The predicted octanol–water partition coefficient (Wildman–Crippen LogP) is 7.30. The number of rotatable bonds is 3. The van der Waals surface area contributed by atoms with Gasteiger partial charge in [-0.05, 0) is 81.4 Å². The molecular weight excluding hydrogens is 654 g/mol. The summed E-state index contributed by atoms with van der Waals surface area (Å²) in [6.45, 7) is 6.33. The van der Waals surface area contributed by atoms with E-state index in [0.29, 0.717) is 17.5 Å². The van der Waals surface area contributed by atoms with E-state index in [1.54, 1.807) is 0 Å². The van der Waals surface area contributed by atoms with Gasteiger partial charge >= 0.3 is 0 Å². The fourth-order valence-corrected chi connectivity index (χ4v) is 8.37. The van der Waals surface area contributed by atoms with E-state index in [0.717, 1.165) is 84.1 Å². The summed E-state index contributed by atoms with van der Waals surface area (Å²) in [6, 6.07) is 48.1. The smallest absolute Gasteiger partial charge is 0.262 e. The number of aromatic nitrogens is 1. The molecule has 4 aliphatic rings. The van der Waals surface area contributed by atoms with Crippen LogP contribution in [0, 0.1) is 0 Å². The van der Waals surface area contributed by atoms with Crippen LogP contribution in [0.15, 0.2) is 140 Å². The minimum absolute atomic E-state index is 0.111. The molecule has 53 heavy (non-hydrogen) atoms. The maximum Gasteiger partial charge on any atom is 0.262 e. The summed E-state index contributed by atoms with van der Waals surface area (Å²) in [6.07, 6.45) is 0. The monoisotopic (exact) mass is 686 g/mol. The first kappa shape index (κ1) is 30.2. The van der Waals surface area contributed by atoms with Gasteiger partial charge in [-0.25, -0.2) is 0 Å². The summed E-state index contributed by atoms with van der Waals surface area (Å²) in [7, 11) is 0. The Bertz CT molecular complexity index is 2600. The van der Waals surface area contributed by atoms with Crippen LogP contribution < -0.4 is 56.6 Å². The molecule has 1 aromatic heterocycles. The number of para-hydroxylation sites is 4. The molecule has 0 N–H and O–H groups in total. The zero-order chi connectivity index (χ0) is 35.4. The predicted molar refractivity (Wildman–Crippen MR) is 213 cm³/mol. The van der Waals surface area contributed by atoms with Crippen LogP contribution in [0.4, 0.5) is 17.1 Å². The second kappa shape index (κ2) is 11.1. The first-order chi connectivity index (χ1) is 25.9. The summed E-state index contributed by atoms with van der Waals surface area (Å²) in [5, 5.41) is 0. The van der Waals surface area contributed by atoms with Crippen molar-refractivity contribution in [1.82, 2.24) is 4.98 Å². The Hall–Kier alpha value is -6.40. The molecular formula is C45H32B2N2O4. The van der Waals surface area contributed by atoms with E-state index in [1.807, 2.05) is 30.3 Å². The quantitative estimate of drug-likeness (QED) is 0.182. The van der Waals surface area contributed by atoms with Crippen molar-refractivity contribution >= 4 is 63.3 Å². The molecule has 0 saturated heterocycles. The lowest BCUT2D eigenvalue weighted by Crippen LogP contribution is -2.62. The minimum atomic E-state index is -0.165. The van der Waals surface area contributed by atoms with Gasteiger partial charge < -0.3 is 23.8 Å². The molecule has 0 aliphatic carbocycles. The highest BCUT2D eigenvalue weighted by Crippen LogP contribution is 2.43. The Morgan fingerprint density at radius 1 is 0.434 bits per heavy atom. The van der Waals surface area contributed by atoms with E-state index in [4.69, 9.17) is 23.9 Å². The minimum Gasteiger partial charge on any atom is -0.458 e. The van der Waals surface area contributed by atoms with Gasteiger partial charge in [0.2, 0.25) is 11.8 Å². The molecule has 5 heterocycles. The highest BCUT2D eigenvalue weighted by Gasteiger charge is 2.46. The van der Waals surface area contributed by atoms with Gasteiger partial charge in [-0.3, -0.25) is 0 Å². The number of pyridine rings is 1. The van der Waals surface area contributed by atoms with Crippen molar-refractivity contribution in [2.24, 2.45) is 0 Å². The van der Waals surface area contributed by atoms with Gasteiger partial charge in [-0.15, -0.1) is 0 Å². The van der Waals surface area contributed by atoms with E-state index in [9.17, 15) is 0 Å². The van der Waals surface area contributed by atoms with Crippen LogP contribution in [0.1, 0.15) is 26.3 Å². The second-order valence-electron chi connectivity index (χ2n) is 15.1. The lowest BCUT2D eigenvalue weighted by Gasteiger charge is -2.37. The Morgan fingerprint density at radius 3 is 1.38 bits per heavy atom. The maximum atomic E-state index is 6.89. The van der Waals surface area contributed by atoms with E-state index in [1.165, 1.54) is 0 Å². The molecule has 0 radical (unpaired) electrons. The zero-order valence-electron chi connectivity index (χ0n) is 29.5. The number of hydrogen-bond acceptors (Lipinski definition) is 6. The summed E-state index contributed by atoms with van der Waals surface area (Å²) in [4.78, 5) is 7.47. The second-order valence-corrected chi connectivity index (χ2v) is 15.1. The lowest BCUT2D eigenvalue weighted by molar-refractivity contribution is 0.423. The van der Waals surface area contributed by atoms with Crippen molar-refractivity contribution in [2.75, 3.05) is 4.90 Å². The van der Waals surface area contributed by atoms with Gasteiger partial charge in [-0.1, -0.05) is 99.6 Å². The number of ether oxygens (including phenoxy) is 4. The Balaban J connectivity index is 1.12. The van der Waals surface area contributed by atoms with Gasteiger partial charge in [0.1, 0.15) is 34.5 Å². The first-order valence-electron chi connectivity index (χ1n) is 18.1. The van der Waals surface area contributed by atoms with Gasteiger partial charge in [0.15, 0.2) is 0 Å². The SMILES string of the molecule is CC(C)(C)c1cc2c3c(c1)Oc1nc4c(cc1B3c1ccccc1O2)B1c2ccccc2Oc2cc(N(c3ccccc3)c3ccccc3)cc(c21)O4. The molecule has 11 rings (SSSR count). The molecule has 8 heteroatoms. The Labute approximate surface area is 308 Å². The number of fused-ring (bicyclic) bond motifs is 8. The van der Waals surface area contributed by atoms with Crippen LogP contribution in [-0.2, 0) is 5.41 Å². The van der Waals surface area contributed by atoms with Crippen molar-refractivity contribution in [3.8, 4) is 46.3 Å². The summed E-state index contributed by atoms with van der Waals surface area (Å²) < 4.78 is 27.0. The van der Waals surface area contributed by atoms with Crippen molar-refractivity contribution in [3.63, 3.8) is 0 Å². The normalized spacial score (nSPS) is 13.7. The number of nitrogens with zero attached hydrogens (tertiary/aromatic N) is 2. The van der Waals surface area contributed by atoms with E-state index in [-0.39, 0.29) is 18.8 Å². The fraction of sp³-hybridized carbons (Fsp3) is 0.0889. The molecule has 0 amide bonds. The van der Waals surface area contributed by atoms with Crippen molar-refractivity contribution < 1.29 is 18.9 Å². The third-order valence-corrected chi connectivity index (χ3v) is 10.9. The molecule has 0 saturated carbocycles. The molecule has 252 valence electrons. The largest absolute Gasteiger partial charge is 0.458 e. The van der Waals surface area contributed by atoms with Crippen molar-refractivity contribution in [2.45, 2.75) is 26.2 Å². The van der Waals surface area contributed by atoms with Crippen LogP contribution in [0.25, 0.3) is 0 Å². The molecule has 4 aliphatic heterocycles. The molecule has 7 aromatic rings. The molecule has 0 fully saturated rings. The van der Waals surface area contributed by atoms with Gasteiger partial charge in [-0.2, -0.15) is 4.98 Å². The standard InChI is InChI=1S/C45H32B2N2O4/c1-45(2,3)27-22-37-41-38(23-27)52-43-33(46(41)31-18-10-12-20-35(31)50-37)26-34-44(48-43)53-40-25-30(24-39-42(40)47(34)32-19-11-13-21-36(32)51-39)49(28-14-6-4-7-15-28)29-16-8-5-9-17-29/h4-26H,1-3H3. The van der Waals surface area contributed by atoms with Crippen molar-refractivity contribution in [1.29, 1.82) is 0 Å². The first-order valence-corrected chi connectivity index (χ1v) is 18.1. The number of anilines is 3. The zero-order valence-corrected chi connectivity index (χ0v) is 29.5. The van der Waals surface area contributed by atoms with E-state index >= 15 is 0 Å². The van der Waals surface area contributed by atoms with Crippen LogP contribution >= 0.6 is 0 Å². The fourth-order valence-electron chi connectivity index (χ4n) is 8.37. The molecule has 6 aromatic carbocycles. The van der Waals surface area contributed by atoms with Crippen molar-refractivity contribution in [3.05, 3.63) is 145 Å². The molecule has 0 atom stereocenters. The Morgan fingerprint density at radius 2 is 0.868 bits per heavy atom. The summed E-state index contributed by atoms with van der Waals surface area (Å²) >= 11 is 0. The lowest BCUT2D eigenvalue weighted by atomic mass is 9.32. The third kappa shape index (κ3) is 4.58. The molecule has 0 unspecified atom stereocenters. The average molecular weight is 686 g/mol. The summed E-state index contributed by atoms with van der Waals surface area (Å²) in [5.41, 5.74) is 10.2. The van der Waals surface area contributed by atoms with E-state index < -0.39 is 0 Å². The highest BCUT2D eigenvalue weighted by molar-refractivity contribution is 7.00. The van der Waals surface area contributed by atoms with Crippen LogP contribution in [-0.4, -0.2) is 18.4 Å². The van der Waals surface area contributed by atoms with E-state index in [2.05, 4.69) is 135 Å². The molecule has 6 nitrogen and oxygen atoms in total. The molecule has 0 bridgehead atoms. The average Bonchev–Trinajstić information content (AvgIpc) is 3.17. The number of hydrogen-bond donors (Lipinski definition) is 0. The van der Waals surface area contributed by atoms with Crippen LogP contribution in [0.5, 0.6) is 46.3 Å². The van der Waals surface area contributed by atoms with Gasteiger partial charge in [0.05, 0.1) is 5.69 Å². The van der Waals surface area contributed by atoms with Crippen LogP contribution in [0.3, 0.4) is 0 Å². The molecule has 0 spiro atoms. The third-order valence-electron chi connectivity index (χ3n) is 10.9. The van der Waals surface area contributed by atoms with Crippen LogP contribution in [0.2, 0.25) is 0 Å². The topological polar surface area (TPSA) is 53.0 Å².